The molecule has 2 aromatic rings. The smallest absolute Gasteiger partial charge is 0.315 e. The molecule has 0 aliphatic carbocycles. The second-order valence-electron chi connectivity index (χ2n) is 5.97. The molecule has 25 heavy (non-hydrogen) atoms. The van der Waals surface area contributed by atoms with Crippen molar-refractivity contribution in [3.63, 3.8) is 0 Å². The van der Waals surface area contributed by atoms with Crippen molar-refractivity contribution in [1.29, 1.82) is 0 Å². The molecule has 0 bridgehead atoms. The van der Waals surface area contributed by atoms with E-state index in [4.69, 9.17) is 0 Å². The highest BCUT2D eigenvalue weighted by molar-refractivity contribution is 7.92. The molecule has 2 atom stereocenters. The standard InChI is InChI=1S/C18H23N3O3S/c1-13(15-7-5-4-6-8-15)19-18(22)20-14(2)16-9-11-17(12-10-16)21-25(3,23)24/h4-14,21H,1-3H3,(H2,19,20,22). The van der Waals surface area contributed by atoms with Gasteiger partial charge in [0.1, 0.15) is 0 Å². The van der Waals surface area contributed by atoms with E-state index in [1.165, 1.54) is 0 Å². The molecular weight excluding hydrogens is 338 g/mol. The van der Waals surface area contributed by atoms with Gasteiger partial charge in [-0.2, -0.15) is 0 Å². The second kappa shape index (κ2) is 8.02. The van der Waals surface area contributed by atoms with Gasteiger partial charge in [-0.3, -0.25) is 4.72 Å². The van der Waals surface area contributed by atoms with Gasteiger partial charge < -0.3 is 10.6 Å². The highest BCUT2D eigenvalue weighted by atomic mass is 32.2. The fourth-order valence-corrected chi connectivity index (χ4v) is 2.96. The Morgan fingerprint density at radius 3 is 1.80 bits per heavy atom. The van der Waals surface area contributed by atoms with Crippen molar-refractivity contribution in [2.45, 2.75) is 25.9 Å². The third-order valence-corrected chi connectivity index (χ3v) is 4.32. The van der Waals surface area contributed by atoms with Crippen molar-refractivity contribution >= 4 is 21.7 Å². The van der Waals surface area contributed by atoms with E-state index < -0.39 is 10.0 Å². The molecule has 0 fully saturated rings. The largest absolute Gasteiger partial charge is 0.332 e. The molecule has 2 aromatic carbocycles. The summed E-state index contributed by atoms with van der Waals surface area (Å²) in [5.41, 5.74) is 2.39. The van der Waals surface area contributed by atoms with E-state index >= 15 is 0 Å². The first-order chi connectivity index (χ1) is 11.7. The van der Waals surface area contributed by atoms with Crippen molar-refractivity contribution < 1.29 is 13.2 Å². The quantitative estimate of drug-likeness (QED) is 0.738. The summed E-state index contributed by atoms with van der Waals surface area (Å²) in [6, 6.07) is 16.0. The zero-order valence-electron chi connectivity index (χ0n) is 14.5. The molecule has 0 radical (unpaired) electrons. The number of amides is 2. The van der Waals surface area contributed by atoms with Gasteiger partial charge in [-0.1, -0.05) is 42.5 Å². The van der Waals surface area contributed by atoms with Crippen molar-refractivity contribution in [1.82, 2.24) is 10.6 Å². The monoisotopic (exact) mass is 361 g/mol. The molecule has 3 N–H and O–H groups in total. The van der Waals surface area contributed by atoms with E-state index in [0.717, 1.165) is 17.4 Å². The Bertz CT molecular complexity index is 805. The van der Waals surface area contributed by atoms with E-state index in [9.17, 15) is 13.2 Å². The first-order valence-electron chi connectivity index (χ1n) is 7.94. The van der Waals surface area contributed by atoms with Crippen molar-refractivity contribution in [2.75, 3.05) is 11.0 Å². The summed E-state index contributed by atoms with van der Waals surface area (Å²) >= 11 is 0. The number of hydrogen-bond acceptors (Lipinski definition) is 3. The number of hydrogen-bond donors (Lipinski definition) is 3. The second-order valence-corrected chi connectivity index (χ2v) is 7.72. The molecule has 0 saturated carbocycles. The van der Waals surface area contributed by atoms with Gasteiger partial charge in [0.05, 0.1) is 18.3 Å². The minimum absolute atomic E-state index is 0.102. The topological polar surface area (TPSA) is 87.3 Å². The van der Waals surface area contributed by atoms with E-state index in [-0.39, 0.29) is 18.1 Å². The number of sulfonamides is 1. The zero-order chi connectivity index (χ0) is 18.4. The Kier molecular flexibility index (Phi) is 6.03. The summed E-state index contributed by atoms with van der Waals surface area (Å²) in [7, 11) is -3.30. The molecular formula is C18H23N3O3S. The third kappa shape index (κ3) is 6.11. The lowest BCUT2D eigenvalue weighted by molar-refractivity contribution is 0.235. The van der Waals surface area contributed by atoms with Crippen LogP contribution in [0.15, 0.2) is 54.6 Å². The summed E-state index contributed by atoms with van der Waals surface area (Å²) < 4.78 is 24.8. The van der Waals surface area contributed by atoms with Crippen LogP contribution in [0.2, 0.25) is 0 Å². The number of carbonyl (C=O) groups excluding carboxylic acids is 1. The fourth-order valence-electron chi connectivity index (χ4n) is 2.40. The lowest BCUT2D eigenvalue weighted by atomic mass is 10.1. The summed E-state index contributed by atoms with van der Waals surface area (Å²) in [5, 5.41) is 5.77. The van der Waals surface area contributed by atoms with Gasteiger partial charge in [0.2, 0.25) is 10.0 Å². The Hall–Kier alpha value is -2.54. The van der Waals surface area contributed by atoms with Crippen LogP contribution in [0.5, 0.6) is 0 Å². The molecule has 0 saturated heterocycles. The van der Waals surface area contributed by atoms with E-state index in [0.29, 0.717) is 5.69 Å². The Balaban J connectivity index is 1.92. The molecule has 6 nitrogen and oxygen atoms in total. The molecule has 7 heteroatoms. The predicted octanol–water partition coefficient (Wildman–Crippen LogP) is 3.18. The SMILES string of the molecule is CC(NC(=O)NC(C)c1ccc(NS(C)(=O)=O)cc1)c1ccccc1. The molecule has 134 valence electrons. The Morgan fingerprint density at radius 1 is 0.840 bits per heavy atom. The number of rotatable bonds is 6. The van der Waals surface area contributed by atoms with Crippen LogP contribution in [-0.4, -0.2) is 20.7 Å². The molecule has 0 spiro atoms. The van der Waals surface area contributed by atoms with Gasteiger partial charge in [-0.15, -0.1) is 0 Å². The third-order valence-electron chi connectivity index (χ3n) is 3.71. The average Bonchev–Trinajstić information content (AvgIpc) is 2.54. The maximum Gasteiger partial charge on any atom is 0.315 e. The minimum Gasteiger partial charge on any atom is -0.332 e. The maximum absolute atomic E-state index is 12.2. The van der Waals surface area contributed by atoms with Gasteiger partial charge in [-0.05, 0) is 37.1 Å². The summed E-state index contributed by atoms with van der Waals surface area (Å²) in [6.07, 6.45) is 1.10. The van der Waals surface area contributed by atoms with E-state index in [2.05, 4.69) is 15.4 Å². The van der Waals surface area contributed by atoms with Gasteiger partial charge in [0, 0.05) is 5.69 Å². The van der Waals surface area contributed by atoms with Crippen LogP contribution in [0.3, 0.4) is 0 Å². The predicted molar refractivity (Wildman–Crippen MR) is 99.8 cm³/mol. The van der Waals surface area contributed by atoms with Gasteiger partial charge in [0.25, 0.3) is 0 Å². The summed E-state index contributed by atoms with van der Waals surface area (Å²) in [4.78, 5) is 12.2. The molecule has 0 heterocycles. The molecule has 0 aliphatic rings. The Morgan fingerprint density at radius 2 is 1.32 bits per heavy atom. The number of anilines is 1. The van der Waals surface area contributed by atoms with E-state index in [1.807, 2.05) is 44.2 Å². The van der Waals surface area contributed by atoms with Crippen LogP contribution in [0.1, 0.15) is 37.1 Å². The first kappa shape index (κ1) is 18.8. The molecule has 0 aromatic heterocycles. The van der Waals surface area contributed by atoms with Gasteiger partial charge >= 0.3 is 6.03 Å². The van der Waals surface area contributed by atoms with Crippen LogP contribution < -0.4 is 15.4 Å². The highest BCUT2D eigenvalue weighted by Gasteiger charge is 2.13. The van der Waals surface area contributed by atoms with Crippen molar-refractivity contribution in [3.05, 3.63) is 65.7 Å². The van der Waals surface area contributed by atoms with Crippen LogP contribution in [0, 0.1) is 0 Å². The maximum atomic E-state index is 12.2. The fraction of sp³-hybridized carbons (Fsp3) is 0.278. The normalized spacial score (nSPS) is 13.6. The Labute approximate surface area is 148 Å². The van der Waals surface area contributed by atoms with Gasteiger partial charge in [0.15, 0.2) is 0 Å². The highest BCUT2D eigenvalue weighted by Crippen LogP contribution is 2.17. The van der Waals surface area contributed by atoms with Crippen LogP contribution in [0.4, 0.5) is 10.5 Å². The average molecular weight is 361 g/mol. The lowest BCUT2D eigenvalue weighted by Crippen LogP contribution is -2.38. The van der Waals surface area contributed by atoms with Crippen LogP contribution in [-0.2, 0) is 10.0 Å². The van der Waals surface area contributed by atoms with Gasteiger partial charge in [-0.25, -0.2) is 13.2 Å². The summed E-state index contributed by atoms with van der Waals surface area (Å²) in [5.74, 6) is 0. The van der Waals surface area contributed by atoms with Crippen LogP contribution >= 0.6 is 0 Å². The van der Waals surface area contributed by atoms with Crippen molar-refractivity contribution in [2.24, 2.45) is 0 Å². The molecule has 0 aliphatic heterocycles. The molecule has 2 unspecified atom stereocenters. The summed E-state index contributed by atoms with van der Waals surface area (Å²) in [6.45, 7) is 3.79. The number of benzene rings is 2. The zero-order valence-corrected chi connectivity index (χ0v) is 15.3. The minimum atomic E-state index is -3.30. The lowest BCUT2D eigenvalue weighted by Gasteiger charge is -2.19. The first-order valence-corrected chi connectivity index (χ1v) is 9.83. The molecule has 2 amide bonds. The number of carbonyl (C=O) groups is 1. The molecule has 2 rings (SSSR count). The van der Waals surface area contributed by atoms with E-state index in [1.54, 1.807) is 24.3 Å². The number of urea groups is 1. The van der Waals surface area contributed by atoms with Crippen molar-refractivity contribution in [3.8, 4) is 0 Å². The number of nitrogens with one attached hydrogen (secondary N) is 3. The van der Waals surface area contributed by atoms with Crippen LogP contribution in [0.25, 0.3) is 0 Å².